The van der Waals surface area contributed by atoms with Crippen molar-refractivity contribution in [3.05, 3.63) is 42.0 Å². The lowest BCUT2D eigenvalue weighted by Gasteiger charge is -2.20. The maximum absolute atomic E-state index is 5.59. The second-order valence-electron chi connectivity index (χ2n) is 4.52. The molecule has 6 nitrogen and oxygen atoms in total. The molecule has 2 aromatic rings. The molecule has 1 N–H and O–H groups in total. The van der Waals surface area contributed by atoms with E-state index in [4.69, 9.17) is 14.0 Å². The van der Waals surface area contributed by atoms with Crippen molar-refractivity contribution >= 4 is 0 Å². The summed E-state index contributed by atoms with van der Waals surface area (Å²) in [7, 11) is 0. The second-order valence-corrected chi connectivity index (χ2v) is 4.52. The van der Waals surface area contributed by atoms with Crippen LogP contribution in [0.25, 0.3) is 0 Å². The Hall–Kier alpha value is -1.92. The first-order valence-electron chi connectivity index (χ1n) is 6.74. The summed E-state index contributed by atoms with van der Waals surface area (Å²) in [5, 5.41) is 7.19. The Bertz CT molecular complexity index is 523. The van der Waals surface area contributed by atoms with Crippen molar-refractivity contribution in [1.29, 1.82) is 0 Å². The fourth-order valence-corrected chi connectivity index (χ4v) is 2.00. The van der Waals surface area contributed by atoms with Gasteiger partial charge in [-0.2, -0.15) is 4.98 Å². The van der Waals surface area contributed by atoms with Gasteiger partial charge in [-0.25, -0.2) is 0 Å². The van der Waals surface area contributed by atoms with Crippen LogP contribution in [0.1, 0.15) is 17.8 Å². The van der Waals surface area contributed by atoms with Crippen LogP contribution in [0.5, 0.6) is 5.75 Å². The minimum absolute atomic E-state index is 0.115. The van der Waals surface area contributed by atoms with Crippen LogP contribution in [0.2, 0.25) is 0 Å². The monoisotopic (exact) mass is 275 g/mol. The number of nitrogens with one attached hydrogen (secondary N) is 1. The summed E-state index contributed by atoms with van der Waals surface area (Å²) in [6.07, 6.45) is 0.471. The number of morpholine rings is 1. The third kappa shape index (κ3) is 3.34. The molecule has 1 saturated heterocycles. The topological polar surface area (TPSA) is 69.4 Å². The number of benzene rings is 1. The van der Waals surface area contributed by atoms with Gasteiger partial charge in [0.05, 0.1) is 19.6 Å². The molecule has 1 aromatic heterocycles. The smallest absolute Gasteiger partial charge is 0.230 e. The molecule has 3 rings (SSSR count). The van der Waals surface area contributed by atoms with Gasteiger partial charge in [-0.15, -0.1) is 0 Å². The first-order valence-corrected chi connectivity index (χ1v) is 6.74. The zero-order chi connectivity index (χ0) is 13.6. The summed E-state index contributed by atoms with van der Waals surface area (Å²) in [5.74, 6) is 2.02. The van der Waals surface area contributed by atoms with Gasteiger partial charge in [0.1, 0.15) is 11.9 Å². The number of hydrogen-bond donors (Lipinski definition) is 1. The average molecular weight is 275 g/mol. The van der Waals surface area contributed by atoms with Gasteiger partial charge in [-0.1, -0.05) is 23.4 Å². The van der Waals surface area contributed by atoms with Gasteiger partial charge >= 0.3 is 0 Å². The highest BCUT2D eigenvalue weighted by Crippen LogP contribution is 2.15. The van der Waals surface area contributed by atoms with Crippen molar-refractivity contribution < 1.29 is 14.0 Å². The molecule has 1 aliphatic rings. The summed E-state index contributed by atoms with van der Waals surface area (Å²) in [4.78, 5) is 4.34. The van der Waals surface area contributed by atoms with E-state index in [2.05, 4.69) is 15.5 Å². The standard InChI is InChI=1S/C14H17N3O3/c1-2-4-11(5-3-1)18-8-6-13-16-14(17-20-13)12-10-15-7-9-19-12/h1-5,12,15H,6-10H2. The van der Waals surface area contributed by atoms with Crippen LogP contribution in [0.4, 0.5) is 0 Å². The van der Waals surface area contributed by atoms with Crippen LogP contribution in [-0.2, 0) is 11.2 Å². The van der Waals surface area contributed by atoms with Gasteiger partial charge in [-0.05, 0) is 12.1 Å². The zero-order valence-electron chi connectivity index (χ0n) is 11.1. The molecule has 1 fully saturated rings. The molecule has 0 amide bonds. The number of nitrogens with zero attached hydrogens (tertiary/aromatic N) is 2. The van der Waals surface area contributed by atoms with Crippen LogP contribution in [0.3, 0.4) is 0 Å². The molecule has 1 aromatic carbocycles. The third-order valence-corrected chi connectivity index (χ3v) is 3.03. The van der Waals surface area contributed by atoms with Crippen molar-refractivity contribution in [2.24, 2.45) is 0 Å². The average Bonchev–Trinajstić information content (AvgIpc) is 2.98. The summed E-state index contributed by atoms with van der Waals surface area (Å²) < 4.78 is 16.4. The molecule has 1 unspecified atom stereocenters. The molecule has 1 aliphatic heterocycles. The van der Waals surface area contributed by atoms with Crippen molar-refractivity contribution in [2.75, 3.05) is 26.3 Å². The number of ether oxygens (including phenoxy) is 2. The van der Waals surface area contributed by atoms with Crippen molar-refractivity contribution in [3.8, 4) is 5.75 Å². The lowest BCUT2D eigenvalue weighted by atomic mass is 10.3. The minimum atomic E-state index is -0.115. The second kappa shape index (κ2) is 6.49. The van der Waals surface area contributed by atoms with E-state index in [9.17, 15) is 0 Å². The molecule has 0 bridgehead atoms. The van der Waals surface area contributed by atoms with Gasteiger partial charge in [0.25, 0.3) is 0 Å². The predicted molar refractivity (Wildman–Crippen MR) is 71.5 cm³/mol. The highest BCUT2D eigenvalue weighted by atomic mass is 16.5. The first-order chi connectivity index (χ1) is 9.92. The molecule has 0 radical (unpaired) electrons. The summed E-state index contributed by atoms with van der Waals surface area (Å²) >= 11 is 0. The molecule has 106 valence electrons. The van der Waals surface area contributed by atoms with Crippen LogP contribution in [-0.4, -0.2) is 36.4 Å². The van der Waals surface area contributed by atoms with Gasteiger partial charge in [0.15, 0.2) is 0 Å². The predicted octanol–water partition coefficient (Wildman–Crippen LogP) is 1.35. The molecule has 0 aliphatic carbocycles. The Morgan fingerprint density at radius 2 is 2.20 bits per heavy atom. The molecular formula is C14H17N3O3. The SMILES string of the molecule is c1ccc(OCCc2nc(C3CNCCO3)no2)cc1. The maximum Gasteiger partial charge on any atom is 0.230 e. The summed E-state index contributed by atoms with van der Waals surface area (Å²) in [5.41, 5.74) is 0. The van der Waals surface area contributed by atoms with Crippen LogP contribution >= 0.6 is 0 Å². The van der Waals surface area contributed by atoms with Crippen molar-refractivity contribution in [3.63, 3.8) is 0 Å². The molecule has 2 heterocycles. The van der Waals surface area contributed by atoms with Crippen LogP contribution < -0.4 is 10.1 Å². The van der Waals surface area contributed by atoms with E-state index < -0.39 is 0 Å². The fraction of sp³-hybridized carbons (Fsp3) is 0.429. The van der Waals surface area contributed by atoms with E-state index in [1.807, 2.05) is 30.3 Å². The van der Waals surface area contributed by atoms with E-state index in [1.165, 1.54) is 0 Å². The number of rotatable bonds is 5. The number of hydrogen-bond acceptors (Lipinski definition) is 6. The van der Waals surface area contributed by atoms with Crippen LogP contribution in [0, 0.1) is 0 Å². The Labute approximate surface area is 117 Å². The fourth-order valence-electron chi connectivity index (χ4n) is 2.00. The molecule has 1 atom stereocenters. The number of aromatic nitrogens is 2. The molecule has 0 spiro atoms. The van der Waals surface area contributed by atoms with E-state index in [0.717, 1.165) is 18.8 Å². The van der Waals surface area contributed by atoms with Gasteiger partial charge < -0.3 is 19.3 Å². The molecular weight excluding hydrogens is 258 g/mol. The largest absolute Gasteiger partial charge is 0.493 e. The Kier molecular flexibility index (Phi) is 4.25. The minimum Gasteiger partial charge on any atom is -0.493 e. The molecule has 6 heteroatoms. The molecule has 20 heavy (non-hydrogen) atoms. The maximum atomic E-state index is 5.59. The van der Waals surface area contributed by atoms with Gasteiger partial charge in [0.2, 0.25) is 11.7 Å². The van der Waals surface area contributed by atoms with E-state index in [-0.39, 0.29) is 6.10 Å². The van der Waals surface area contributed by atoms with Gasteiger partial charge in [-0.3, -0.25) is 0 Å². The summed E-state index contributed by atoms with van der Waals surface area (Å²) in [6.45, 7) is 2.77. The Morgan fingerprint density at radius 3 is 3.00 bits per heavy atom. The molecule has 0 saturated carbocycles. The highest BCUT2D eigenvalue weighted by Gasteiger charge is 2.21. The van der Waals surface area contributed by atoms with Crippen molar-refractivity contribution in [2.45, 2.75) is 12.5 Å². The van der Waals surface area contributed by atoms with E-state index >= 15 is 0 Å². The highest BCUT2D eigenvalue weighted by molar-refractivity contribution is 5.20. The Balaban J connectivity index is 1.50. The first kappa shape index (κ1) is 13.1. The third-order valence-electron chi connectivity index (χ3n) is 3.03. The lowest BCUT2D eigenvalue weighted by Crippen LogP contribution is -2.33. The van der Waals surface area contributed by atoms with Crippen molar-refractivity contribution in [1.82, 2.24) is 15.5 Å². The van der Waals surface area contributed by atoms with E-state index in [1.54, 1.807) is 0 Å². The normalized spacial score (nSPS) is 18.9. The zero-order valence-corrected chi connectivity index (χ0v) is 11.1. The van der Waals surface area contributed by atoms with Crippen LogP contribution in [0.15, 0.2) is 34.9 Å². The van der Waals surface area contributed by atoms with E-state index in [0.29, 0.717) is 31.3 Å². The van der Waals surface area contributed by atoms with Gasteiger partial charge in [0, 0.05) is 13.1 Å². The summed E-state index contributed by atoms with van der Waals surface area (Å²) in [6, 6.07) is 9.66. The number of para-hydroxylation sites is 1. The lowest BCUT2D eigenvalue weighted by molar-refractivity contribution is 0.0208. The Morgan fingerprint density at radius 1 is 1.30 bits per heavy atom. The quantitative estimate of drug-likeness (QED) is 0.888.